The Morgan fingerprint density at radius 1 is 1.58 bits per heavy atom. The number of hydrogen-bond donors (Lipinski definition) is 1. The maximum atomic E-state index is 12.3. The van der Waals surface area contributed by atoms with Gasteiger partial charge < -0.3 is 14.7 Å². The van der Waals surface area contributed by atoms with Crippen molar-refractivity contribution in [1.82, 2.24) is 14.9 Å². The monoisotopic (exact) mass is 305 g/mol. The number of thioether (sulfide) groups is 1. The molecule has 1 aromatic rings. The Morgan fingerprint density at radius 2 is 2.32 bits per heavy atom. The van der Waals surface area contributed by atoms with E-state index in [1.807, 2.05) is 6.26 Å². The summed E-state index contributed by atoms with van der Waals surface area (Å²) in [7, 11) is 1.55. The number of ether oxygens (including phenoxy) is 1. The van der Waals surface area contributed by atoms with Crippen molar-refractivity contribution in [3.8, 4) is 0 Å². The number of carbonyl (C=O) groups excluding carboxylic acids is 1. The van der Waals surface area contributed by atoms with E-state index in [1.165, 1.54) is 22.9 Å². The zero-order valence-electron chi connectivity index (χ0n) is 10.8. The van der Waals surface area contributed by atoms with E-state index in [0.717, 1.165) is 0 Å². The highest BCUT2D eigenvalue weighted by atomic mass is 35.5. The van der Waals surface area contributed by atoms with Crippen LogP contribution in [0.2, 0.25) is 5.02 Å². The highest BCUT2D eigenvalue weighted by molar-refractivity contribution is 7.98. The Bertz CT molecular complexity index is 434. The number of carbonyl (C=O) groups is 1. The van der Waals surface area contributed by atoms with Crippen molar-refractivity contribution in [1.29, 1.82) is 0 Å². The molecule has 0 saturated heterocycles. The second-order valence-corrected chi connectivity index (χ2v) is 4.74. The zero-order valence-corrected chi connectivity index (χ0v) is 12.4. The maximum Gasteiger partial charge on any atom is 0.274 e. The van der Waals surface area contributed by atoms with Crippen LogP contribution in [0.5, 0.6) is 0 Å². The first-order valence-electron chi connectivity index (χ1n) is 5.59. The molecule has 1 heterocycles. The van der Waals surface area contributed by atoms with Crippen molar-refractivity contribution in [2.24, 2.45) is 0 Å². The summed E-state index contributed by atoms with van der Waals surface area (Å²) in [5, 5.41) is 9.67. The SMILES string of the molecule is COCCN(CCO)C(=O)c1nc(SC)ncc1Cl. The summed E-state index contributed by atoms with van der Waals surface area (Å²) < 4.78 is 4.93. The van der Waals surface area contributed by atoms with Gasteiger partial charge >= 0.3 is 0 Å². The minimum atomic E-state index is -0.339. The normalized spacial score (nSPS) is 10.5. The fourth-order valence-electron chi connectivity index (χ4n) is 1.39. The topological polar surface area (TPSA) is 75.6 Å². The van der Waals surface area contributed by atoms with Crippen LogP contribution in [-0.4, -0.2) is 65.6 Å². The molecule has 0 bridgehead atoms. The van der Waals surface area contributed by atoms with E-state index in [0.29, 0.717) is 18.3 Å². The Morgan fingerprint density at radius 3 is 2.89 bits per heavy atom. The molecule has 0 radical (unpaired) electrons. The number of aromatic nitrogens is 2. The number of aliphatic hydroxyl groups excluding tert-OH is 1. The van der Waals surface area contributed by atoms with E-state index in [4.69, 9.17) is 21.4 Å². The van der Waals surface area contributed by atoms with Gasteiger partial charge in [-0.05, 0) is 6.26 Å². The van der Waals surface area contributed by atoms with Gasteiger partial charge in [0.25, 0.3) is 5.91 Å². The lowest BCUT2D eigenvalue weighted by Crippen LogP contribution is -2.36. The van der Waals surface area contributed by atoms with Crippen molar-refractivity contribution in [2.75, 3.05) is 39.7 Å². The standard InChI is InChI=1S/C11H16ClN3O3S/c1-18-6-4-15(3-5-16)10(17)9-8(12)7-13-11(14-9)19-2/h7,16H,3-6H2,1-2H3. The van der Waals surface area contributed by atoms with Gasteiger partial charge in [0.15, 0.2) is 10.9 Å². The lowest BCUT2D eigenvalue weighted by Gasteiger charge is -2.21. The van der Waals surface area contributed by atoms with Gasteiger partial charge in [0.05, 0.1) is 24.4 Å². The fraction of sp³-hybridized carbons (Fsp3) is 0.545. The molecule has 0 aromatic carbocycles. The molecular formula is C11H16ClN3O3S. The van der Waals surface area contributed by atoms with Crippen LogP contribution in [0.3, 0.4) is 0 Å². The molecule has 1 aromatic heterocycles. The molecule has 1 amide bonds. The Balaban J connectivity index is 2.94. The first-order valence-corrected chi connectivity index (χ1v) is 7.20. The van der Waals surface area contributed by atoms with Crippen LogP contribution in [0.15, 0.2) is 11.4 Å². The van der Waals surface area contributed by atoms with E-state index in [2.05, 4.69) is 9.97 Å². The van der Waals surface area contributed by atoms with Crippen molar-refractivity contribution in [3.63, 3.8) is 0 Å². The van der Waals surface area contributed by atoms with Gasteiger partial charge in [-0.1, -0.05) is 23.4 Å². The second kappa shape index (κ2) is 8.31. The molecule has 106 valence electrons. The summed E-state index contributed by atoms with van der Waals surface area (Å²) in [6.07, 6.45) is 3.22. The van der Waals surface area contributed by atoms with Gasteiger partial charge in [0.2, 0.25) is 0 Å². The third kappa shape index (κ3) is 4.61. The van der Waals surface area contributed by atoms with E-state index in [-0.39, 0.29) is 29.8 Å². The summed E-state index contributed by atoms with van der Waals surface area (Å²) in [6.45, 7) is 0.819. The largest absolute Gasteiger partial charge is 0.395 e. The lowest BCUT2D eigenvalue weighted by molar-refractivity contribution is 0.0650. The van der Waals surface area contributed by atoms with Gasteiger partial charge in [-0.15, -0.1) is 0 Å². The zero-order chi connectivity index (χ0) is 14.3. The fourth-order valence-corrected chi connectivity index (χ4v) is 1.90. The molecule has 8 heteroatoms. The van der Waals surface area contributed by atoms with E-state index < -0.39 is 0 Å². The number of amides is 1. The predicted molar refractivity (Wildman–Crippen MR) is 73.7 cm³/mol. The first-order chi connectivity index (χ1) is 9.13. The number of halogens is 1. The van der Waals surface area contributed by atoms with Gasteiger partial charge in [-0.2, -0.15) is 0 Å². The van der Waals surface area contributed by atoms with Gasteiger partial charge in [-0.25, -0.2) is 9.97 Å². The minimum Gasteiger partial charge on any atom is -0.395 e. The van der Waals surface area contributed by atoms with Crippen LogP contribution in [0.1, 0.15) is 10.5 Å². The average molecular weight is 306 g/mol. The van der Waals surface area contributed by atoms with Crippen molar-refractivity contribution in [2.45, 2.75) is 5.16 Å². The lowest BCUT2D eigenvalue weighted by atomic mass is 10.3. The van der Waals surface area contributed by atoms with Gasteiger partial charge in [-0.3, -0.25) is 4.79 Å². The molecule has 1 rings (SSSR count). The quantitative estimate of drug-likeness (QED) is 0.597. The maximum absolute atomic E-state index is 12.3. The van der Waals surface area contributed by atoms with Crippen molar-refractivity contribution >= 4 is 29.3 Å². The van der Waals surface area contributed by atoms with Crippen molar-refractivity contribution < 1.29 is 14.6 Å². The van der Waals surface area contributed by atoms with E-state index in [1.54, 1.807) is 7.11 Å². The minimum absolute atomic E-state index is 0.131. The van der Waals surface area contributed by atoms with Gasteiger partial charge in [0.1, 0.15) is 0 Å². The molecule has 0 unspecified atom stereocenters. The summed E-state index contributed by atoms with van der Waals surface area (Å²) in [5.41, 5.74) is 0.144. The third-order valence-corrected chi connectivity index (χ3v) is 3.17. The third-order valence-electron chi connectivity index (χ3n) is 2.33. The van der Waals surface area contributed by atoms with E-state index in [9.17, 15) is 4.79 Å². The number of methoxy groups -OCH3 is 1. The van der Waals surface area contributed by atoms with E-state index >= 15 is 0 Å². The van der Waals surface area contributed by atoms with Crippen LogP contribution < -0.4 is 0 Å². The number of nitrogens with zero attached hydrogens (tertiary/aromatic N) is 3. The molecular weight excluding hydrogens is 290 g/mol. The summed E-state index contributed by atoms with van der Waals surface area (Å²) in [5.74, 6) is -0.339. The molecule has 0 aliphatic carbocycles. The molecule has 19 heavy (non-hydrogen) atoms. The molecule has 0 saturated carbocycles. The molecule has 0 atom stereocenters. The average Bonchev–Trinajstić information content (AvgIpc) is 2.43. The Hall–Kier alpha value is -0.890. The Kier molecular flexibility index (Phi) is 7.07. The number of rotatable bonds is 7. The first kappa shape index (κ1) is 16.2. The van der Waals surface area contributed by atoms with Crippen LogP contribution >= 0.6 is 23.4 Å². The second-order valence-electron chi connectivity index (χ2n) is 3.56. The Labute approximate surface area is 121 Å². The van der Waals surface area contributed by atoms with Crippen LogP contribution in [0.25, 0.3) is 0 Å². The summed E-state index contributed by atoms with van der Waals surface area (Å²) in [4.78, 5) is 21.8. The number of aliphatic hydroxyl groups is 1. The highest BCUT2D eigenvalue weighted by Gasteiger charge is 2.20. The molecule has 6 nitrogen and oxygen atoms in total. The van der Waals surface area contributed by atoms with Crippen molar-refractivity contribution in [3.05, 3.63) is 16.9 Å². The van der Waals surface area contributed by atoms with Crippen LogP contribution in [0, 0.1) is 0 Å². The molecule has 0 fully saturated rings. The highest BCUT2D eigenvalue weighted by Crippen LogP contribution is 2.18. The van der Waals surface area contributed by atoms with Crippen LogP contribution in [-0.2, 0) is 4.74 Å². The molecule has 0 aliphatic rings. The molecule has 0 spiro atoms. The number of hydrogen-bond acceptors (Lipinski definition) is 6. The molecule has 0 aliphatic heterocycles. The molecule has 1 N–H and O–H groups in total. The van der Waals surface area contributed by atoms with Gasteiger partial charge in [0, 0.05) is 20.2 Å². The summed E-state index contributed by atoms with van der Waals surface area (Å²) in [6, 6.07) is 0. The predicted octanol–water partition coefficient (Wildman–Crippen LogP) is 0.933. The summed E-state index contributed by atoms with van der Waals surface area (Å²) >= 11 is 7.28. The smallest absolute Gasteiger partial charge is 0.274 e. The van der Waals surface area contributed by atoms with Crippen LogP contribution in [0.4, 0.5) is 0 Å².